The number of carbonyl (C=O) groups excluding carboxylic acids is 1. The summed E-state index contributed by atoms with van der Waals surface area (Å²) in [5.41, 5.74) is 0.896. The standard InChI is InChI=1S/C19H18ClNO4S/c1-2-25-18-9-4-3-8-17(18)19(22)21(15-7-5-6-14(20)12-15)16-10-11-26(23,24)13-16/h3-12,16H,2,13H2,1H3/t16-/m1/s1. The second-order valence-electron chi connectivity index (χ2n) is 5.81. The minimum atomic E-state index is -3.33. The van der Waals surface area contributed by atoms with Gasteiger partial charge in [-0.15, -0.1) is 0 Å². The molecule has 7 heteroatoms. The predicted molar refractivity (Wildman–Crippen MR) is 103 cm³/mol. The summed E-state index contributed by atoms with van der Waals surface area (Å²) in [6.45, 7) is 2.25. The fraction of sp³-hybridized carbons (Fsp3) is 0.211. The van der Waals surface area contributed by atoms with E-state index in [0.29, 0.717) is 28.6 Å². The predicted octanol–water partition coefficient (Wildman–Crippen LogP) is 3.70. The second kappa shape index (κ2) is 7.51. The van der Waals surface area contributed by atoms with Gasteiger partial charge >= 0.3 is 0 Å². The molecule has 0 N–H and O–H groups in total. The summed E-state index contributed by atoms with van der Waals surface area (Å²) < 4.78 is 29.4. The van der Waals surface area contributed by atoms with Crippen LogP contribution in [-0.4, -0.2) is 32.7 Å². The third-order valence-electron chi connectivity index (χ3n) is 3.97. The lowest BCUT2D eigenvalue weighted by molar-refractivity contribution is 0.0979. The van der Waals surface area contributed by atoms with E-state index in [4.69, 9.17) is 16.3 Å². The Labute approximate surface area is 157 Å². The van der Waals surface area contributed by atoms with Crippen molar-refractivity contribution in [2.24, 2.45) is 0 Å². The molecule has 0 bridgehead atoms. The van der Waals surface area contributed by atoms with Crippen LogP contribution >= 0.6 is 11.6 Å². The zero-order chi connectivity index (χ0) is 18.7. The van der Waals surface area contributed by atoms with Gasteiger partial charge in [0, 0.05) is 16.1 Å². The second-order valence-corrected chi connectivity index (χ2v) is 8.18. The maximum atomic E-state index is 13.3. The van der Waals surface area contributed by atoms with E-state index in [1.54, 1.807) is 48.5 Å². The Morgan fingerprint density at radius 2 is 2.00 bits per heavy atom. The fourth-order valence-electron chi connectivity index (χ4n) is 2.86. The van der Waals surface area contributed by atoms with Crippen molar-refractivity contribution in [2.45, 2.75) is 13.0 Å². The molecule has 0 fully saturated rings. The van der Waals surface area contributed by atoms with Crippen molar-refractivity contribution in [3.05, 3.63) is 70.6 Å². The van der Waals surface area contributed by atoms with Crippen molar-refractivity contribution in [3.8, 4) is 5.75 Å². The molecule has 1 aliphatic rings. The highest BCUT2D eigenvalue weighted by Crippen LogP contribution is 2.29. The van der Waals surface area contributed by atoms with Gasteiger partial charge in [-0.1, -0.05) is 29.8 Å². The zero-order valence-electron chi connectivity index (χ0n) is 14.1. The van der Waals surface area contributed by atoms with E-state index in [9.17, 15) is 13.2 Å². The van der Waals surface area contributed by atoms with Gasteiger partial charge in [-0.25, -0.2) is 8.42 Å². The molecule has 3 rings (SSSR count). The number of benzene rings is 2. The van der Waals surface area contributed by atoms with E-state index in [0.717, 1.165) is 5.41 Å². The highest BCUT2D eigenvalue weighted by atomic mass is 35.5. The number of hydrogen-bond acceptors (Lipinski definition) is 4. The monoisotopic (exact) mass is 391 g/mol. The summed E-state index contributed by atoms with van der Waals surface area (Å²) in [5, 5.41) is 1.61. The van der Waals surface area contributed by atoms with Crippen molar-refractivity contribution in [3.63, 3.8) is 0 Å². The molecule has 0 saturated carbocycles. The average Bonchev–Trinajstić information content (AvgIpc) is 2.95. The Kier molecular flexibility index (Phi) is 5.34. The summed E-state index contributed by atoms with van der Waals surface area (Å²) in [4.78, 5) is 14.8. The first kappa shape index (κ1) is 18.5. The molecule has 1 atom stereocenters. The van der Waals surface area contributed by atoms with Crippen LogP contribution in [0.2, 0.25) is 5.02 Å². The van der Waals surface area contributed by atoms with Crippen molar-refractivity contribution < 1.29 is 17.9 Å². The van der Waals surface area contributed by atoms with Gasteiger partial charge in [0.2, 0.25) is 0 Å². The summed E-state index contributed by atoms with van der Waals surface area (Å²) in [6, 6.07) is 13.1. The topological polar surface area (TPSA) is 63.7 Å². The molecule has 0 radical (unpaired) electrons. The Bertz CT molecular complexity index is 956. The van der Waals surface area contributed by atoms with Crippen LogP contribution in [0.5, 0.6) is 5.75 Å². The van der Waals surface area contributed by atoms with E-state index in [1.165, 1.54) is 11.0 Å². The summed E-state index contributed by atoms with van der Waals surface area (Å²) >= 11 is 6.08. The zero-order valence-corrected chi connectivity index (χ0v) is 15.7. The summed E-state index contributed by atoms with van der Waals surface area (Å²) in [5.74, 6) is -0.0536. The van der Waals surface area contributed by atoms with Gasteiger partial charge in [0.15, 0.2) is 9.84 Å². The Hall–Kier alpha value is -2.31. The lowest BCUT2D eigenvalue weighted by atomic mass is 10.1. The Morgan fingerprint density at radius 1 is 1.23 bits per heavy atom. The Morgan fingerprint density at radius 3 is 2.65 bits per heavy atom. The van der Waals surface area contributed by atoms with Crippen LogP contribution in [0.1, 0.15) is 17.3 Å². The molecule has 0 aromatic heterocycles. The SMILES string of the molecule is CCOc1ccccc1C(=O)N(c1cccc(Cl)c1)[C@@H]1C=CS(=O)(=O)C1. The van der Waals surface area contributed by atoms with Crippen LogP contribution in [0.4, 0.5) is 5.69 Å². The van der Waals surface area contributed by atoms with Gasteiger partial charge in [0.1, 0.15) is 5.75 Å². The van der Waals surface area contributed by atoms with Crippen LogP contribution in [0.15, 0.2) is 60.0 Å². The molecule has 2 aromatic carbocycles. The largest absolute Gasteiger partial charge is 0.493 e. The normalized spacial score (nSPS) is 17.8. The first-order chi connectivity index (χ1) is 12.4. The fourth-order valence-corrected chi connectivity index (χ4v) is 4.31. The highest BCUT2D eigenvalue weighted by molar-refractivity contribution is 7.94. The number of para-hydroxylation sites is 1. The van der Waals surface area contributed by atoms with Crippen molar-refractivity contribution in [1.29, 1.82) is 0 Å². The first-order valence-corrected chi connectivity index (χ1v) is 10.2. The molecule has 5 nitrogen and oxygen atoms in total. The van der Waals surface area contributed by atoms with Crippen LogP contribution in [0.3, 0.4) is 0 Å². The number of anilines is 1. The molecule has 1 aliphatic heterocycles. The van der Waals surface area contributed by atoms with Gasteiger partial charge < -0.3 is 9.64 Å². The molecule has 1 amide bonds. The Balaban J connectivity index is 2.07. The lowest BCUT2D eigenvalue weighted by Crippen LogP contribution is -2.41. The van der Waals surface area contributed by atoms with E-state index >= 15 is 0 Å². The van der Waals surface area contributed by atoms with E-state index in [2.05, 4.69) is 0 Å². The molecule has 0 aliphatic carbocycles. The van der Waals surface area contributed by atoms with Gasteiger partial charge in [0.25, 0.3) is 5.91 Å². The van der Waals surface area contributed by atoms with Gasteiger partial charge in [-0.2, -0.15) is 0 Å². The van der Waals surface area contributed by atoms with E-state index in [1.807, 2.05) is 6.92 Å². The number of ether oxygens (including phenoxy) is 1. The molecule has 0 spiro atoms. The van der Waals surface area contributed by atoms with Gasteiger partial charge in [0.05, 0.1) is 24.0 Å². The van der Waals surface area contributed by atoms with Crippen molar-refractivity contribution in [1.82, 2.24) is 0 Å². The average molecular weight is 392 g/mol. The number of halogens is 1. The van der Waals surface area contributed by atoms with Crippen molar-refractivity contribution in [2.75, 3.05) is 17.3 Å². The summed E-state index contributed by atoms with van der Waals surface area (Å²) in [6.07, 6.45) is 1.53. The molecular weight excluding hydrogens is 374 g/mol. The summed E-state index contributed by atoms with van der Waals surface area (Å²) in [7, 11) is -3.33. The number of amides is 1. The third-order valence-corrected chi connectivity index (χ3v) is 5.58. The minimum absolute atomic E-state index is 0.165. The van der Waals surface area contributed by atoms with Crippen LogP contribution in [0, 0.1) is 0 Å². The smallest absolute Gasteiger partial charge is 0.262 e. The maximum absolute atomic E-state index is 13.3. The molecule has 0 saturated heterocycles. The van der Waals surface area contributed by atoms with Gasteiger partial charge in [-0.05, 0) is 43.3 Å². The first-order valence-electron chi connectivity index (χ1n) is 8.13. The molecule has 2 aromatic rings. The minimum Gasteiger partial charge on any atom is -0.493 e. The molecule has 1 heterocycles. The van der Waals surface area contributed by atoms with Crippen molar-refractivity contribution >= 4 is 33.0 Å². The quantitative estimate of drug-likeness (QED) is 0.779. The number of carbonyl (C=O) groups is 1. The van der Waals surface area contributed by atoms with Gasteiger partial charge in [-0.3, -0.25) is 4.79 Å². The molecule has 26 heavy (non-hydrogen) atoms. The molecule has 136 valence electrons. The third kappa shape index (κ3) is 3.92. The van der Waals surface area contributed by atoms with Crippen LogP contribution < -0.4 is 9.64 Å². The lowest BCUT2D eigenvalue weighted by Gasteiger charge is -2.28. The number of sulfone groups is 1. The number of hydrogen-bond donors (Lipinski definition) is 0. The number of nitrogens with zero attached hydrogens (tertiary/aromatic N) is 1. The maximum Gasteiger partial charge on any atom is 0.262 e. The van der Waals surface area contributed by atoms with Crippen LogP contribution in [0.25, 0.3) is 0 Å². The van der Waals surface area contributed by atoms with E-state index < -0.39 is 15.9 Å². The van der Waals surface area contributed by atoms with Crippen LogP contribution in [-0.2, 0) is 9.84 Å². The molecular formula is C19H18ClNO4S. The highest BCUT2D eigenvalue weighted by Gasteiger charge is 2.33. The molecule has 0 unspecified atom stereocenters. The van der Waals surface area contributed by atoms with E-state index in [-0.39, 0.29) is 11.7 Å². The number of rotatable bonds is 5.